The highest BCUT2D eigenvalue weighted by Crippen LogP contribution is 2.07. The molecule has 0 aliphatic rings. The van der Waals surface area contributed by atoms with Gasteiger partial charge in [0.25, 0.3) is 0 Å². The molecule has 6 nitrogen and oxygen atoms in total. The summed E-state index contributed by atoms with van der Waals surface area (Å²) >= 11 is 0. The minimum Gasteiger partial charge on any atom is -0.467 e. The predicted octanol–water partition coefficient (Wildman–Crippen LogP) is 11.1. The van der Waals surface area contributed by atoms with Crippen LogP contribution in [0.3, 0.4) is 0 Å². The summed E-state index contributed by atoms with van der Waals surface area (Å²) in [5.74, 6) is -0.471. The van der Waals surface area contributed by atoms with Gasteiger partial charge in [0.15, 0.2) is 0 Å². The van der Waals surface area contributed by atoms with Gasteiger partial charge < -0.3 is 15.4 Å². The quantitative estimate of drug-likeness (QED) is 0.0410. The van der Waals surface area contributed by atoms with Gasteiger partial charge in [-0.3, -0.25) is 9.59 Å². The second-order valence-corrected chi connectivity index (χ2v) is 12.7. The zero-order valence-corrected chi connectivity index (χ0v) is 31.6. The normalized spacial score (nSPS) is 12.8. The number of unbranched alkanes of at least 4 members (excludes halogenated alkanes) is 11. The van der Waals surface area contributed by atoms with Crippen molar-refractivity contribution in [2.24, 2.45) is 0 Å². The molecule has 0 bridgehead atoms. The van der Waals surface area contributed by atoms with Gasteiger partial charge in [-0.25, -0.2) is 4.79 Å². The molecule has 0 aromatic carbocycles. The predicted molar refractivity (Wildman–Crippen MR) is 209 cm³/mol. The molecule has 6 heteroatoms. The van der Waals surface area contributed by atoms with Gasteiger partial charge in [0.05, 0.1) is 7.11 Å². The van der Waals surface area contributed by atoms with Gasteiger partial charge in [-0.2, -0.15) is 0 Å². The Morgan fingerprint density at radius 3 is 1.35 bits per heavy atom. The van der Waals surface area contributed by atoms with E-state index in [1.165, 1.54) is 58.5 Å². The highest BCUT2D eigenvalue weighted by atomic mass is 16.5. The van der Waals surface area contributed by atoms with E-state index in [0.717, 1.165) is 70.6 Å². The van der Waals surface area contributed by atoms with Crippen LogP contribution in [0.2, 0.25) is 0 Å². The number of carbonyl (C=O) groups is 3. The molecule has 0 radical (unpaired) electrons. The fraction of sp³-hybridized carbons (Fsp3) is 0.651. The molecule has 0 spiro atoms. The molecule has 0 aromatic rings. The largest absolute Gasteiger partial charge is 0.467 e. The molecule has 0 rings (SSSR count). The Morgan fingerprint density at radius 1 is 0.510 bits per heavy atom. The van der Waals surface area contributed by atoms with E-state index < -0.39 is 12.0 Å². The van der Waals surface area contributed by atoms with Crippen LogP contribution in [0.4, 0.5) is 0 Å². The van der Waals surface area contributed by atoms with Crippen molar-refractivity contribution in [2.75, 3.05) is 13.7 Å². The number of rotatable bonds is 33. The highest BCUT2D eigenvalue weighted by molar-refractivity contribution is 5.84. The van der Waals surface area contributed by atoms with Crippen LogP contribution in [-0.2, 0) is 19.1 Å². The Hall–Kier alpha value is -3.15. The molecular formula is C43H72N2O4. The number of ether oxygens (including phenoxy) is 1. The van der Waals surface area contributed by atoms with Crippen LogP contribution < -0.4 is 10.6 Å². The lowest BCUT2D eigenvalue weighted by atomic mass is 10.1. The first-order chi connectivity index (χ1) is 24.0. The summed E-state index contributed by atoms with van der Waals surface area (Å²) in [6, 6.07) is -0.647. The topological polar surface area (TPSA) is 84.5 Å². The summed E-state index contributed by atoms with van der Waals surface area (Å²) in [4.78, 5) is 36.8. The number of nitrogens with one attached hydrogen (secondary N) is 2. The molecular weight excluding hydrogens is 608 g/mol. The van der Waals surface area contributed by atoms with E-state index >= 15 is 0 Å². The standard InChI is InChI=1S/C43H72N2O4/c1-4-6-8-10-12-14-16-18-20-22-24-26-28-30-32-37-41(46)44-39-35-34-36-40(43(48)49-3)45-42(47)38-33-31-29-27-25-23-21-19-17-15-13-11-9-7-5-2/h12-15,18-21,24-27,40H,4-11,16-17,22-23,28-39H2,1-3H3,(H,44,46)(H,45,47)/b14-12-,15-13-,20-18-,21-19-,26-24-,27-25-/t40-/m0/s1. The molecule has 2 N–H and O–H groups in total. The Kier molecular flexibility index (Phi) is 35.2. The smallest absolute Gasteiger partial charge is 0.328 e. The van der Waals surface area contributed by atoms with Gasteiger partial charge in [-0.15, -0.1) is 0 Å². The molecule has 0 saturated carbocycles. The van der Waals surface area contributed by atoms with E-state index in [2.05, 4.69) is 97.4 Å². The van der Waals surface area contributed by atoms with Crippen molar-refractivity contribution in [1.82, 2.24) is 10.6 Å². The van der Waals surface area contributed by atoms with E-state index in [1.807, 2.05) is 0 Å². The molecule has 0 saturated heterocycles. The van der Waals surface area contributed by atoms with Gasteiger partial charge in [0.1, 0.15) is 6.04 Å². The number of hydrogen-bond donors (Lipinski definition) is 2. The van der Waals surface area contributed by atoms with Gasteiger partial charge >= 0.3 is 5.97 Å². The summed E-state index contributed by atoms with van der Waals surface area (Å²) in [6.07, 6.45) is 49.0. The van der Waals surface area contributed by atoms with E-state index in [1.54, 1.807) is 0 Å². The number of methoxy groups -OCH3 is 1. The lowest BCUT2D eigenvalue weighted by molar-refractivity contribution is -0.145. The first kappa shape index (κ1) is 45.9. The lowest BCUT2D eigenvalue weighted by Gasteiger charge is -2.16. The van der Waals surface area contributed by atoms with Crippen LogP contribution in [0.25, 0.3) is 0 Å². The van der Waals surface area contributed by atoms with Crippen LogP contribution in [0.5, 0.6) is 0 Å². The van der Waals surface area contributed by atoms with Crippen LogP contribution in [0, 0.1) is 0 Å². The molecule has 0 aliphatic heterocycles. The van der Waals surface area contributed by atoms with E-state index in [4.69, 9.17) is 4.74 Å². The molecule has 0 aromatic heterocycles. The van der Waals surface area contributed by atoms with E-state index in [9.17, 15) is 14.4 Å². The van der Waals surface area contributed by atoms with Crippen molar-refractivity contribution in [3.8, 4) is 0 Å². The summed E-state index contributed by atoms with van der Waals surface area (Å²) < 4.78 is 4.91. The van der Waals surface area contributed by atoms with Crippen LogP contribution in [-0.4, -0.2) is 37.5 Å². The fourth-order valence-corrected chi connectivity index (χ4v) is 5.12. The van der Waals surface area contributed by atoms with E-state index in [0.29, 0.717) is 32.2 Å². The van der Waals surface area contributed by atoms with Crippen LogP contribution in [0.15, 0.2) is 72.9 Å². The summed E-state index contributed by atoms with van der Waals surface area (Å²) in [7, 11) is 1.34. The maximum absolute atomic E-state index is 12.4. The summed E-state index contributed by atoms with van der Waals surface area (Å²) in [5.41, 5.74) is 0. The Morgan fingerprint density at radius 2 is 0.918 bits per heavy atom. The molecule has 0 unspecified atom stereocenters. The van der Waals surface area contributed by atoms with Gasteiger partial charge in [0, 0.05) is 19.4 Å². The molecule has 1 atom stereocenters. The molecule has 49 heavy (non-hydrogen) atoms. The fourth-order valence-electron chi connectivity index (χ4n) is 5.12. The number of esters is 1. The van der Waals surface area contributed by atoms with Crippen molar-refractivity contribution in [3.63, 3.8) is 0 Å². The number of allylic oxidation sites excluding steroid dienone is 12. The zero-order chi connectivity index (χ0) is 35.9. The average Bonchev–Trinajstić information content (AvgIpc) is 3.10. The van der Waals surface area contributed by atoms with Crippen LogP contribution in [0.1, 0.15) is 162 Å². The lowest BCUT2D eigenvalue weighted by Crippen LogP contribution is -2.41. The van der Waals surface area contributed by atoms with Crippen molar-refractivity contribution in [3.05, 3.63) is 72.9 Å². The Balaban J connectivity index is 3.90. The van der Waals surface area contributed by atoms with E-state index in [-0.39, 0.29) is 11.8 Å². The van der Waals surface area contributed by atoms with Crippen molar-refractivity contribution >= 4 is 17.8 Å². The van der Waals surface area contributed by atoms with Crippen LogP contribution >= 0.6 is 0 Å². The second-order valence-electron chi connectivity index (χ2n) is 12.7. The molecule has 0 heterocycles. The molecule has 278 valence electrons. The minimum absolute atomic E-state index is 0.0692. The zero-order valence-electron chi connectivity index (χ0n) is 31.6. The number of carbonyl (C=O) groups excluding carboxylic acids is 3. The maximum atomic E-state index is 12.4. The molecule has 0 aliphatic carbocycles. The average molecular weight is 681 g/mol. The van der Waals surface area contributed by atoms with Crippen molar-refractivity contribution in [2.45, 2.75) is 168 Å². The minimum atomic E-state index is -0.647. The monoisotopic (exact) mass is 681 g/mol. The summed E-state index contributed by atoms with van der Waals surface area (Å²) in [6.45, 7) is 5.03. The molecule has 0 fully saturated rings. The van der Waals surface area contributed by atoms with Crippen molar-refractivity contribution in [1.29, 1.82) is 0 Å². The Bertz CT molecular complexity index is 976. The third-order valence-corrected chi connectivity index (χ3v) is 8.15. The van der Waals surface area contributed by atoms with Gasteiger partial charge in [-0.1, -0.05) is 112 Å². The van der Waals surface area contributed by atoms with Gasteiger partial charge in [0.2, 0.25) is 11.8 Å². The van der Waals surface area contributed by atoms with Crippen molar-refractivity contribution < 1.29 is 19.1 Å². The number of hydrogen-bond acceptors (Lipinski definition) is 4. The molecule has 2 amide bonds. The third-order valence-electron chi connectivity index (χ3n) is 8.15. The first-order valence-corrected chi connectivity index (χ1v) is 19.6. The summed E-state index contributed by atoms with van der Waals surface area (Å²) in [5, 5.41) is 5.82. The highest BCUT2D eigenvalue weighted by Gasteiger charge is 2.20. The SMILES string of the molecule is CCCCC/C=C\C/C=C\C/C=C\CCCCC(=O)NCCCC[C@H](NC(=O)CCCC/C=C\C/C=C\C/C=C\CCCCC)C(=O)OC. The second kappa shape index (κ2) is 37.7. The maximum Gasteiger partial charge on any atom is 0.328 e. The first-order valence-electron chi connectivity index (χ1n) is 19.6. The number of amides is 2. The Labute approximate surface area is 301 Å². The third kappa shape index (κ3) is 34.5. The van der Waals surface area contributed by atoms with Gasteiger partial charge in [-0.05, 0) is 109 Å².